The van der Waals surface area contributed by atoms with Gasteiger partial charge < -0.3 is 15.4 Å². The second kappa shape index (κ2) is 6.56. The molecule has 26 heavy (non-hydrogen) atoms. The van der Waals surface area contributed by atoms with Crippen molar-refractivity contribution in [3.8, 4) is 5.75 Å². The Bertz CT molecular complexity index is 863. The number of benzene rings is 2. The summed E-state index contributed by atoms with van der Waals surface area (Å²) in [4.78, 5) is 14.5. The number of ether oxygens (including phenoxy) is 1. The minimum absolute atomic E-state index is 0.0227. The minimum Gasteiger partial charge on any atom is -0.492 e. The van der Waals surface area contributed by atoms with Crippen LogP contribution in [0.15, 0.2) is 36.4 Å². The number of halogens is 2. The lowest BCUT2D eigenvalue weighted by molar-refractivity contribution is 0.0646. The highest BCUT2D eigenvalue weighted by Gasteiger charge is 2.43. The molecule has 2 aliphatic heterocycles. The van der Waals surface area contributed by atoms with Crippen molar-refractivity contribution in [2.45, 2.75) is 24.8 Å². The van der Waals surface area contributed by atoms with Crippen molar-refractivity contribution >= 4 is 17.5 Å². The lowest BCUT2D eigenvalue weighted by Gasteiger charge is -2.38. The van der Waals surface area contributed by atoms with E-state index in [9.17, 15) is 9.18 Å². The summed E-state index contributed by atoms with van der Waals surface area (Å²) >= 11 is 5.70. The number of hydrogen-bond acceptors (Lipinski definition) is 3. The van der Waals surface area contributed by atoms with E-state index < -0.39 is 5.82 Å². The van der Waals surface area contributed by atoms with Gasteiger partial charge in [-0.2, -0.15) is 0 Å². The molecule has 1 amide bonds. The van der Waals surface area contributed by atoms with Crippen molar-refractivity contribution in [1.29, 1.82) is 0 Å². The Morgan fingerprint density at radius 1 is 1.23 bits per heavy atom. The van der Waals surface area contributed by atoms with E-state index in [2.05, 4.69) is 6.07 Å². The molecule has 0 atom stereocenters. The van der Waals surface area contributed by atoms with Crippen LogP contribution in [-0.2, 0) is 12.0 Å². The first kappa shape index (κ1) is 17.3. The summed E-state index contributed by atoms with van der Waals surface area (Å²) in [5.41, 5.74) is 8.33. The highest BCUT2D eigenvalue weighted by molar-refractivity contribution is 6.30. The van der Waals surface area contributed by atoms with Gasteiger partial charge in [-0.1, -0.05) is 23.7 Å². The van der Waals surface area contributed by atoms with E-state index in [-0.39, 0.29) is 16.3 Å². The van der Waals surface area contributed by atoms with E-state index in [0.29, 0.717) is 31.8 Å². The Morgan fingerprint density at radius 3 is 2.69 bits per heavy atom. The fraction of sp³-hybridized carbons (Fsp3) is 0.350. The summed E-state index contributed by atoms with van der Waals surface area (Å²) < 4.78 is 19.5. The molecule has 0 bridgehead atoms. The Morgan fingerprint density at radius 2 is 2.00 bits per heavy atom. The number of likely N-dealkylation sites (tertiary alicyclic amines) is 1. The van der Waals surface area contributed by atoms with Gasteiger partial charge in [-0.15, -0.1) is 0 Å². The zero-order valence-corrected chi connectivity index (χ0v) is 15.1. The van der Waals surface area contributed by atoms with Crippen LogP contribution in [0.25, 0.3) is 0 Å². The van der Waals surface area contributed by atoms with Crippen LogP contribution < -0.4 is 10.5 Å². The average molecular weight is 375 g/mol. The molecule has 1 spiro atoms. The molecule has 0 unspecified atom stereocenters. The standard InChI is InChI=1S/C20H20ClFN2O2/c21-16-3-2-14(10-17(16)22)19(25)24-7-5-20(6-8-24)12-26-18-4-1-13(11-23)9-15(18)20/h1-4,9-10H,5-8,11-12,23H2. The van der Waals surface area contributed by atoms with Crippen molar-refractivity contribution in [1.82, 2.24) is 4.90 Å². The number of carbonyl (C=O) groups excluding carboxylic acids is 1. The third-order valence-electron chi connectivity index (χ3n) is 5.53. The molecule has 0 aliphatic carbocycles. The van der Waals surface area contributed by atoms with Crippen LogP contribution in [0.2, 0.25) is 5.02 Å². The zero-order chi connectivity index (χ0) is 18.3. The lowest BCUT2D eigenvalue weighted by atomic mass is 9.74. The molecule has 0 saturated carbocycles. The molecule has 0 radical (unpaired) electrons. The molecule has 1 saturated heterocycles. The van der Waals surface area contributed by atoms with Crippen LogP contribution >= 0.6 is 11.6 Å². The molecule has 0 aromatic heterocycles. The number of rotatable bonds is 2. The summed E-state index contributed by atoms with van der Waals surface area (Å²) in [6.07, 6.45) is 1.63. The number of hydrogen-bond donors (Lipinski definition) is 1. The number of nitrogens with zero attached hydrogens (tertiary/aromatic N) is 1. The first-order valence-electron chi connectivity index (χ1n) is 8.73. The Kier molecular flexibility index (Phi) is 4.37. The molecule has 136 valence electrons. The van der Waals surface area contributed by atoms with E-state index in [1.54, 1.807) is 11.0 Å². The fourth-order valence-corrected chi connectivity index (χ4v) is 4.02. The SMILES string of the molecule is NCc1ccc2c(c1)C1(CCN(C(=O)c3ccc(Cl)c(F)c3)CC1)CO2. The highest BCUT2D eigenvalue weighted by atomic mass is 35.5. The molecule has 2 heterocycles. The van der Waals surface area contributed by atoms with Gasteiger partial charge in [0.1, 0.15) is 11.6 Å². The number of carbonyl (C=O) groups is 1. The van der Waals surface area contributed by atoms with Crippen LogP contribution in [0, 0.1) is 5.82 Å². The van der Waals surface area contributed by atoms with Gasteiger partial charge in [-0.25, -0.2) is 4.39 Å². The quantitative estimate of drug-likeness (QED) is 0.875. The predicted octanol–water partition coefficient (Wildman–Crippen LogP) is 3.50. The molecule has 4 rings (SSSR count). The van der Waals surface area contributed by atoms with Crippen LogP contribution in [0.4, 0.5) is 4.39 Å². The maximum atomic E-state index is 13.7. The van der Waals surface area contributed by atoms with Crippen molar-refractivity contribution in [3.63, 3.8) is 0 Å². The normalized spacial score (nSPS) is 17.9. The van der Waals surface area contributed by atoms with E-state index in [4.69, 9.17) is 22.1 Å². The van der Waals surface area contributed by atoms with Crippen LogP contribution in [0.5, 0.6) is 5.75 Å². The Balaban J connectivity index is 1.52. The second-order valence-corrected chi connectivity index (χ2v) is 7.43. The van der Waals surface area contributed by atoms with Crippen LogP contribution in [0.3, 0.4) is 0 Å². The van der Waals surface area contributed by atoms with Gasteiger partial charge in [0.2, 0.25) is 0 Å². The van der Waals surface area contributed by atoms with Crippen molar-refractivity contribution in [3.05, 3.63) is 63.9 Å². The third kappa shape index (κ3) is 2.85. The van der Waals surface area contributed by atoms with E-state index in [1.807, 2.05) is 12.1 Å². The molecule has 2 aromatic carbocycles. The molecule has 2 aliphatic rings. The predicted molar refractivity (Wildman–Crippen MR) is 98.1 cm³/mol. The van der Waals surface area contributed by atoms with E-state index >= 15 is 0 Å². The number of piperidine rings is 1. The minimum atomic E-state index is -0.571. The number of nitrogens with two attached hydrogens (primary N) is 1. The van der Waals surface area contributed by atoms with Gasteiger partial charge in [-0.05, 0) is 42.7 Å². The molecule has 4 nitrogen and oxygen atoms in total. The average Bonchev–Trinajstić information content (AvgIpc) is 3.01. The maximum Gasteiger partial charge on any atom is 0.253 e. The highest BCUT2D eigenvalue weighted by Crippen LogP contribution is 2.46. The van der Waals surface area contributed by atoms with Gasteiger partial charge in [0.15, 0.2) is 0 Å². The summed E-state index contributed by atoms with van der Waals surface area (Å²) in [5.74, 6) is 0.186. The monoisotopic (exact) mass is 374 g/mol. The van der Waals surface area contributed by atoms with Gasteiger partial charge in [0.25, 0.3) is 5.91 Å². The number of amides is 1. The Labute approximate surface area is 156 Å². The summed E-state index contributed by atoms with van der Waals surface area (Å²) in [6.45, 7) is 2.35. The van der Waals surface area contributed by atoms with Gasteiger partial charge in [-0.3, -0.25) is 4.79 Å². The van der Waals surface area contributed by atoms with Gasteiger partial charge in [0.05, 0.1) is 11.6 Å². The van der Waals surface area contributed by atoms with Gasteiger partial charge in [0, 0.05) is 36.2 Å². The molecular formula is C20H20ClFN2O2. The topological polar surface area (TPSA) is 55.6 Å². The smallest absolute Gasteiger partial charge is 0.253 e. The molecule has 2 N–H and O–H groups in total. The fourth-order valence-electron chi connectivity index (χ4n) is 3.90. The van der Waals surface area contributed by atoms with Crippen LogP contribution in [0.1, 0.15) is 34.3 Å². The molecule has 1 fully saturated rings. The molecule has 6 heteroatoms. The lowest BCUT2D eigenvalue weighted by Crippen LogP contribution is -2.46. The zero-order valence-electron chi connectivity index (χ0n) is 14.3. The van der Waals surface area contributed by atoms with Crippen molar-refractivity contribution < 1.29 is 13.9 Å². The van der Waals surface area contributed by atoms with E-state index in [0.717, 1.165) is 24.2 Å². The first-order valence-corrected chi connectivity index (χ1v) is 9.11. The molecular weight excluding hydrogens is 355 g/mol. The third-order valence-corrected chi connectivity index (χ3v) is 5.84. The summed E-state index contributed by atoms with van der Waals surface area (Å²) in [6, 6.07) is 10.3. The largest absolute Gasteiger partial charge is 0.492 e. The summed E-state index contributed by atoms with van der Waals surface area (Å²) in [7, 11) is 0. The second-order valence-electron chi connectivity index (χ2n) is 7.02. The van der Waals surface area contributed by atoms with Crippen molar-refractivity contribution in [2.75, 3.05) is 19.7 Å². The molecule has 2 aromatic rings. The number of fused-ring (bicyclic) bond motifs is 2. The van der Waals surface area contributed by atoms with Crippen molar-refractivity contribution in [2.24, 2.45) is 5.73 Å². The van der Waals surface area contributed by atoms with Gasteiger partial charge >= 0.3 is 0 Å². The van der Waals surface area contributed by atoms with E-state index in [1.165, 1.54) is 17.7 Å². The Hall–Kier alpha value is -2.11. The first-order chi connectivity index (χ1) is 12.5. The van der Waals surface area contributed by atoms with Crippen LogP contribution in [-0.4, -0.2) is 30.5 Å². The maximum absolute atomic E-state index is 13.7. The summed E-state index contributed by atoms with van der Waals surface area (Å²) in [5, 5.41) is 0.0227.